The summed E-state index contributed by atoms with van der Waals surface area (Å²) in [5.41, 5.74) is 1.34. The number of allylic oxidation sites excluding steroid dienone is 12. The number of amides is 4. The number of piperidine rings is 4. The molecule has 0 bridgehead atoms. The van der Waals surface area contributed by atoms with Gasteiger partial charge in [-0.05, 0) is 213 Å². The van der Waals surface area contributed by atoms with Gasteiger partial charge in [-0.15, -0.1) is 0 Å². The topological polar surface area (TPSA) is 621 Å². The number of likely N-dealkylation sites (tertiary alicyclic amines) is 4. The molecule has 8 aliphatic rings. The lowest BCUT2D eigenvalue weighted by molar-refractivity contribution is -0.137. The lowest BCUT2D eigenvalue weighted by Crippen LogP contribution is -2.37. The molecule has 0 saturated carbocycles. The first-order chi connectivity index (χ1) is 71.8. The van der Waals surface area contributed by atoms with Crippen molar-refractivity contribution in [3.05, 3.63) is 188 Å². The van der Waals surface area contributed by atoms with E-state index < -0.39 is 96.9 Å². The van der Waals surface area contributed by atoms with Crippen LogP contribution in [-0.2, 0) is 101 Å². The molecule has 4 fully saturated rings. The van der Waals surface area contributed by atoms with Crippen molar-refractivity contribution in [1.82, 2.24) is 19.6 Å². The van der Waals surface area contributed by atoms with Gasteiger partial charge in [-0.25, -0.2) is 19.2 Å². The first-order valence-corrected chi connectivity index (χ1v) is 57.0. The number of fused-ring (bicyclic) bond motifs is 4. The van der Waals surface area contributed by atoms with Crippen molar-refractivity contribution in [2.75, 3.05) is 131 Å². The van der Waals surface area contributed by atoms with Crippen molar-refractivity contribution < 1.29 is 173 Å². The van der Waals surface area contributed by atoms with E-state index in [9.17, 15) is 106 Å². The van der Waals surface area contributed by atoms with E-state index in [-0.39, 0.29) is 185 Å². The molecule has 0 aromatic heterocycles. The van der Waals surface area contributed by atoms with E-state index in [1.54, 1.807) is 43.9 Å². The van der Waals surface area contributed by atoms with E-state index >= 15 is 0 Å². The molecular formula is C100H130Cl2N8O36P4. The van der Waals surface area contributed by atoms with Gasteiger partial charge in [0.15, 0.2) is 51.8 Å². The Morgan fingerprint density at radius 3 is 0.947 bits per heavy atom. The first-order valence-electron chi connectivity index (χ1n) is 49.1. The highest BCUT2D eigenvalue weighted by Gasteiger charge is 2.34. The van der Waals surface area contributed by atoms with Crippen molar-refractivity contribution in [3.8, 4) is 46.0 Å². The number of aromatic hydroxyl groups is 4. The third-order valence-corrected chi connectivity index (χ3v) is 25.8. The van der Waals surface area contributed by atoms with Crippen LogP contribution in [0.2, 0.25) is 10.0 Å². The number of phenols is 4. The maximum Gasteiger partial charge on any atom is 0.362 e. The molecular weight excluding hydrogens is 2080 g/mol. The number of nitrogens with zero attached hydrogens (tertiary/aromatic N) is 8. The molecule has 8 aliphatic heterocycles. The number of benzene rings is 4. The maximum absolute atomic E-state index is 13.1. The number of rotatable bonds is 24. The second kappa shape index (κ2) is 63.4. The molecule has 0 unspecified atom stereocenters. The smallest absolute Gasteiger partial charge is 0.362 e. The molecule has 12 N–H and O–H groups in total. The zero-order chi connectivity index (χ0) is 108. The van der Waals surface area contributed by atoms with Gasteiger partial charge in [0.2, 0.25) is 0 Å². The van der Waals surface area contributed by atoms with Crippen LogP contribution in [0, 0.1) is 0 Å². The molecule has 0 spiro atoms. The Labute approximate surface area is 877 Å². The summed E-state index contributed by atoms with van der Waals surface area (Å²) >= 11 is 12.9. The number of cyclic esters (lactones) is 4. The average molecular weight is 2210 g/mol. The molecule has 4 aromatic carbocycles. The summed E-state index contributed by atoms with van der Waals surface area (Å²) in [6, 6.07) is 6.91. The fourth-order valence-corrected chi connectivity index (χ4v) is 17.6. The molecule has 50 heteroatoms. The Kier molecular flexibility index (Phi) is 51.3. The zero-order valence-corrected chi connectivity index (χ0v) is 88.0. The highest BCUT2D eigenvalue weighted by molar-refractivity contribution is 7.52. The average Bonchev–Trinajstić information content (AvgIpc) is 0.791. The number of esters is 4. The molecule has 4 amide bonds. The summed E-state index contributed by atoms with van der Waals surface area (Å²) in [5.74, 6) is -6.45. The minimum Gasteiger partial charge on any atom is -0.508 e. The molecule has 8 heterocycles. The predicted molar refractivity (Wildman–Crippen MR) is 552 cm³/mol. The Morgan fingerprint density at radius 2 is 0.587 bits per heavy atom. The lowest BCUT2D eigenvalue weighted by Gasteiger charge is -2.26. The molecule has 4 aromatic rings. The van der Waals surface area contributed by atoms with Crippen LogP contribution in [0.5, 0.6) is 46.0 Å². The van der Waals surface area contributed by atoms with Gasteiger partial charge in [-0.1, -0.05) is 117 Å². The zero-order valence-electron chi connectivity index (χ0n) is 82.9. The number of hydrogen-bond donors (Lipinski definition) is 12. The number of ether oxygens (including phenoxy) is 8. The Balaban J connectivity index is 0.000000222. The monoisotopic (exact) mass is 2210 g/mol. The normalized spacial score (nSPS) is 20.2. The largest absolute Gasteiger partial charge is 0.508 e. The van der Waals surface area contributed by atoms with E-state index in [1.165, 1.54) is 12.1 Å². The lowest BCUT2D eigenvalue weighted by atomic mass is 9.99. The maximum atomic E-state index is 13.1. The van der Waals surface area contributed by atoms with Crippen LogP contribution in [-0.4, -0.2) is 280 Å². The number of carbonyl (C=O) groups is 8. The summed E-state index contributed by atoms with van der Waals surface area (Å²) < 4.78 is 87.4. The highest BCUT2D eigenvalue weighted by Crippen LogP contribution is 2.45. The first kappa shape index (κ1) is 122. The highest BCUT2D eigenvalue weighted by atomic mass is 35.5. The van der Waals surface area contributed by atoms with Gasteiger partial charge in [0.05, 0.1) is 59.3 Å². The van der Waals surface area contributed by atoms with Gasteiger partial charge < -0.3 is 136 Å². The fraction of sp³-hybridized carbons (Fsp3) is 0.480. The number of hydrogen-bond acceptors (Lipinski definition) is 32. The summed E-state index contributed by atoms with van der Waals surface area (Å²) in [5, 5.41) is 58.0. The summed E-state index contributed by atoms with van der Waals surface area (Å²) in [4.78, 5) is 204. The minimum atomic E-state index is -4.61. The standard InChI is InChI=1S/2C25H32ClN2O9P.2C25H33N2O9P/c26-24-19-14-18(27-37-16-22(30)28-11-7-5-8-12-28)10-6-3-1-2-4-9-13-35-25(31)23(19)21(15-20(24)29)36-17-38(32,33)34;26-24-19-14-18(27-37-16-22(30)28-11-7-5-8-12-28)10-6-3-1-2-4-9-13-35-25(31)23(19)20(29)15-21(24)36-17-38(32,33)34;28-22-16-21(35-18-37(31,32)33)15-19-14-20(26-36-17-23(29)27-11-7-5-8-12-27)10-6-3-1-2-4-9-13-34-25(30)24(19)22;28-21-15-19-14-20(26-36-17-23(29)27-11-7-5-8-12-27)10-6-3-1-2-4-9-13-34-25(30)24(19)22(16-21)35-18-37(31,32)33/h2*2,4,6,10,15,29H,1,3,5,7-9,11-14,16-17H2,(H2,32,33,34);2*2,4,6,10,15-16,28H,1,3,5,7-9,11-14,17-18H2,(H2,31,32,33)/b4-2+,10-6+,27-18?;4-2+,10-6+,27-18+;4-2+,10-6+,26-20+;4-2+,10-6+,26-20?. The van der Waals surface area contributed by atoms with Crippen LogP contribution >= 0.6 is 53.6 Å². The van der Waals surface area contributed by atoms with E-state index in [2.05, 4.69) is 20.6 Å². The van der Waals surface area contributed by atoms with Gasteiger partial charge >= 0.3 is 54.3 Å². The van der Waals surface area contributed by atoms with Crippen molar-refractivity contribution in [1.29, 1.82) is 0 Å². The number of oxime groups is 4. The quantitative estimate of drug-likeness (QED) is 0.0102. The summed E-state index contributed by atoms with van der Waals surface area (Å²) in [6.45, 7) is 4.80. The molecule has 820 valence electrons. The minimum absolute atomic E-state index is 0.00461. The van der Waals surface area contributed by atoms with Crippen LogP contribution < -0.4 is 18.9 Å². The Bertz CT molecular complexity index is 5730. The van der Waals surface area contributed by atoms with Crippen LogP contribution in [0.3, 0.4) is 0 Å². The Morgan fingerprint density at radius 1 is 0.307 bits per heavy atom. The predicted octanol–water partition coefficient (Wildman–Crippen LogP) is 14.5. The van der Waals surface area contributed by atoms with Gasteiger partial charge in [0, 0.05) is 102 Å². The molecule has 0 radical (unpaired) electrons. The van der Waals surface area contributed by atoms with Gasteiger partial charge in [0.1, 0.15) is 68.2 Å². The van der Waals surface area contributed by atoms with Crippen LogP contribution in [0.4, 0.5) is 0 Å². The molecule has 150 heavy (non-hydrogen) atoms. The summed E-state index contributed by atoms with van der Waals surface area (Å²) in [7, 11) is -18.2. The van der Waals surface area contributed by atoms with E-state index in [4.69, 9.17) is 90.2 Å². The molecule has 0 aliphatic carbocycles. The number of halogens is 2. The Hall–Kier alpha value is -12.0. The summed E-state index contributed by atoms with van der Waals surface area (Å²) in [6.07, 6.45) is 45.2. The van der Waals surface area contributed by atoms with Gasteiger partial charge in [-0.3, -0.25) is 37.4 Å². The molecule has 44 nitrogen and oxygen atoms in total. The third-order valence-electron chi connectivity index (χ3n) is 23.1. The van der Waals surface area contributed by atoms with Crippen LogP contribution in [0.15, 0.2) is 154 Å². The second-order valence-corrected chi connectivity index (χ2v) is 42.3. The van der Waals surface area contributed by atoms with Gasteiger partial charge in [-0.2, -0.15) is 0 Å². The SMILES string of the molecule is O=C1OCC/C=C/CC/C=C/C(=NOCC(=O)N2CCCCC2)Cc2c(Cl)c(O)cc(OCP(=O)(O)O)c21.O=C1OCC/C=C/CC/C=C/C(=NOCC(=O)N2CCCCC2)Cc2cc(O)cc(OCP(=O)(O)O)c21.O=C1OCC/C=C/CC/C=C/C(=N\OCC(=O)N2CCCCC2)Cc2c(Cl)c(OCP(=O)(O)O)cc(O)c21.O=C1OCC/C=C/CC/C=C/C(=N\OCC(=O)N2CCCCC2)Cc2cc(OCP(=O)(O)O)cc(O)c21. The number of carbonyl (C=O) groups excluding carboxylic acids is 8. The van der Waals surface area contributed by atoms with Crippen molar-refractivity contribution >= 4 is 124 Å². The van der Waals surface area contributed by atoms with E-state index in [0.29, 0.717) is 127 Å². The van der Waals surface area contributed by atoms with Crippen LogP contribution in [0.25, 0.3) is 0 Å². The van der Waals surface area contributed by atoms with E-state index in [0.717, 1.165) is 127 Å². The van der Waals surface area contributed by atoms with Crippen molar-refractivity contribution in [2.45, 2.75) is 180 Å². The third kappa shape index (κ3) is 44.5. The molecule has 12 rings (SSSR count). The van der Waals surface area contributed by atoms with Crippen molar-refractivity contribution in [2.24, 2.45) is 20.6 Å². The van der Waals surface area contributed by atoms with Crippen molar-refractivity contribution in [3.63, 3.8) is 0 Å². The molecule has 4 saturated heterocycles. The van der Waals surface area contributed by atoms with Gasteiger partial charge in [0.25, 0.3) is 23.6 Å². The number of phenolic OH excluding ortho intramolecular Hbond substituents is 4. The van der Waals surface area contributed by atoms with Crippen LogP contribution in [0.1, 0.15) is 218 Å². The molecule has 0 atom stereocenters. The van der Waals surface area contributed by atoms with E-state index in [1.807, 2.05) is 72.9 Å². The fourth-order valence-electron chi connectivity index (χ4n) is 15.8. The second-order valence-electron chi connectivity index (χ2n) is 35.2.